The summed E-state index contributed by atoms with van der Waals surface area (Å²) >= 11 is 4.87. The van der Waals surface area contributed by atoms with Crippen molar-refractivity contribution in [2.45, 2.75) is 6.92 Å². The molecular weight excluding hydrogens is 264 g/mol. The van der Waals surface area contributed by atoms with E-state index in [-0.39, 0.29) is 5.91 Å². The van der Waals surface area contributed by atoms with Gasteiger partial charge in [-0.25, -0.2) is 4.98 Å². The van der Waals surface area contributed by atoms with Crippen molar-refractivity contribution < 1.29 is 4.79 Å². The normalized spacial score (nSPS) is 10.4. The quantitative estimate of drug-likeness (QED) is 0.866. The zero-order valence-electron chi connectivity index (χ0n) is 7.37. The Labute approximate surface area is 93.3 Å². The number of carbonyl (C=O) groups is 1. The summed E-state index contributed by atoms with van der Waals surface area (Å²) in [6.07, 6.45) is 0. The molecule has 1 aromatic carbocycles. The number of halogens is 1. The first-order valence-corrected chi connectivity index (χ1v) is 5.60. The van der Waals surface area contributed by atoms with Crippen molar-refractivity contribution in [2.24, 2.45) is 0 Å². The maximum atomic E-state index is 10.8. The van der Waals surface area contributed by atoms with Crippen molar-refractivity contribution in [1.29, 1.82) is 0 Å². The number of anilines is 1. The summed E-state index contributed by atoms with van der Waals surface area (Å²) in [5.74, 6) is -0.0621. The van der Waals surface area contributed by atoms with Gasteiger partial charge >= 0.3 is 0 Å². The smallest absolute Gasteiger partial charge is 0.221 e. The van der Waals surface area contributed by atoms with Crippen molar-refractivity contribution in [3.8, 4) is 0 Å². The molecule has 0 bridgehead atoms. The molecule has 1 heterocycles. The third-order valence-electron chi connectivity index (χ3n) is 1.68. The van der Waals surface area contributed by atoms with Crippen LogP contribution in [-0.2, 0) is 4.79 Å². The number of carbonyl (C=O) groups excluding carboxylic acids is 1. The molecule has 2 rings (SSSR count). The van der Waals surface area contributed by atoms with E-state index < -0.39 is 0 Å². The van der Waals surface area contributed by atoms with E-state index in [4.69, 9.17) is 0 Å². The van der Waals surface area contributed by atoms with Gasteiger partial charge < -0.3 is 5.32 Å². The summed E-state index contributed by atoms with van der Waals surface area (Å²) in [5, 5.41) is 2.73. The number of amides is 1. The Morgan fingerprint density at radius 1 is 1.57 bits per heavy atom. The molecule has 0 aliphatic heterocycles. The average Bonchev–Trinajstić information content (AvgIpc) is 2.42. The molecule has 0 saturated heterocycles. The van der Waals surface area contributed by atoms with Gasteiger partial charge in [-0.05, 0) is 34.1 Å². The minimum atomic E-state index is -0.0621. The Bertz CT molecular complexity index is 495. The molecule has 1 N–H and O–H groups in total. The second kappa shape index (κ2) is 3.67. The first-order chi connectivity index (χ1) is 6.65. The number of hydrogen-bond acceptors (Lipinski definition) is 3. The second-order valence-electron chi connectivity index (χ2n) is 2.83. The summed E-state index contributed by atoms with van der Waals surface area (Å²) in [7, 11) is 0. The molecule has 72 valence electrons. The van der Waals surface area contributed by atoms with E-state index in [9.17, 15) is 4.79 Å². The summed E-state index contributed by atoms with van der Waals surface area (Å²) in [4.78, 5) is 15.1. The maximum Gasteiger partial charge on any atom is 0.221 e. The highest BCUT2D eigenvalue weighted by Crippen LogP contribution is 2.28. The molecule has 2 aromatic rings. The van der Waals surface area contributed by atoms with Gasteiger partial charge in [0.2, 0.25) is 5.91 Å². The third-order valence-corrected chi connectivity index (χ3v) is 3.15. The van der Waals surface area contributed by atoms with Gasteiger partial charge in [0.1, 0.15) is 0 Å². The Morgan fingerprint density at radius 3 is 3.07 bits per heavy atom. The van der Waals surface area contributed by atoms with Crippen LogP contribution in [0.3, 0.4) is 0 Å². The number of benzene rings is 1. The van der Waals surface area contributed by atoms with Crippen molar-refractivity contribution in [2.75, 3.05) is 5.32 Å². The molecule has 0 spiro atoms. The first-order valence-electron chi connectivity index (χ1n) is 3.99. The standard InChI is InChI=1S/C9H7BrN2OS/c1-5(13)11-6-2-3-7-8(4-6)14-9(10)12-7/h2-4H,1H3,(H,11,13). The molecule has 0 aliphatic rings. The lowest BCUT2D eigenvalue weighted by Crippen LogP contribution is -2.05. The topological polar surface area (TPSA) is 42.0 Å². The van der Waals surface area contributed by atoms with Crippen LogP contribution in [0.15, 0.2) is 22.1 Å². The molecule has 0 saturated carbocycles. The monoisotopic (exact) mass is 270 g/mol. The van der Waals surface area contributed by atoms with Crippen LogP contribution < -0.4 is 5.32 Å². The predicted molar refractivity (Wildman–Crippen MR) is 61.6 cm³/mol. The van der Waals surface area contributed by atoms with Crippen molar-refractivity contribution in [3.05, 3.63) is 22.1 Å². The van der Waals surface area contributed by atoms with E-state index in [0.717, 1.165) is 19.8 Å². The summed E-state index contributed by atoms with van der Waals surface area (Å²) < 4.78 is 1.91. The lowest BCUT2D eigenvalue weighted by Gasteiger charge is -1.99. The van der Waals surface area contributed by atoms with Crippen LogP contribution in [-0.4, -0.2) is 10.9 Å². The zero-order chi connectivity index (χ0) is 10.1. The molecule has 14 heavy (non-hydrogen) atoms. The maximum absolute atomic E-state index is 10.8. The molecule has 0 radical (unpaired) electrons. The van der Waals surface area contributed by atoms with Crippen LogP contribution in [0, 0.1) is 0 Å². The van der Waals surface area contributed by atoms with Gasteiger partial charge in [-0.3, -0.25) is 4.79 Å². The highest BCUT2D eigenvalue weighted by Gasteiger charge is 2.02. The SMILES string of the molecule is CC(=O)Nc1ccc2nc(Br)sc2c1. The van der Waals surface area contributed by atoms with Crippen molar-refractivity contribution in [3.63, 3.8) is 0 Å². The van der Waals surface area contributed by atoms with E-state index in [0.29, 0.717) is 0 Å². The van der Waals surface area contributed by atoms with Gasteiger partial charge in [0.15, 0.2) is 3.92 Å². The lowest BCUT2D eigenvalue weighted by molar-refractivity contribution is -0.114. The largest absolute Gasteiger partial charge is 0.326 e. The fourth-order valence-electron chi connectivity index (χ4n) is 1.18. The summed E-state index contributed by atoms with van der Waals surface area (Å²) in [6, 6.07) is 5.65. The molecule has 3 nitrogen and oxygen atoms in total. The van der Waals surface area contributed by atoms with E-state index in [2.05, 4.69) is 26.2 Å². The van der Waals surface area contributed by atoms with Gasteiger partial charge in [0.25, 0.3) is 0 Å². The average molecular weight is 271 g/mol. The molecule has 0 atom stereocenters. The van der Waals surface area contributed by atoms with Crippen LogP contribution >= 0.6 is 27.3 Å². The number of fused-ring (bicyclic) bond motifs is 1. The molecule has 0 fully saturated rings. The number of aromatic nitrogens is 1. The third kappa shape index (κ3) is 1.93. The van der Waals surface area contributed by atoms with Gasteiger partial charge in [-0.1, -0.05) is 0 Å². The zero-order valence-corrected chi connectivity index (χ0v) is 9.78. The lowest BCUT2D eigenvalue weighted by atomic mass is 10.3. The first kappa shape index (κ1) is 9.61. The van der Waals surface area contributed by atoms with Crippen LogP contribution in [0.4, 0.5) is 5.69 Å². The highest BCUT2D eigenvalue weighted by atomic mass is 79.9. The molecule has 1 amide bonds. The molecule has 0 aliphatic carbocycles. The minimum Gasteiger partial charge on any atom is -0.326 e. The van der Waals surface area contributed by atoms with Crippen LogP contribution in [0.2, 0.25) is 0 Å². The van der Waals surface area contributed by atoms with E-state index in [1.165, 1.54) is 6.92 Å². The van der Waals surface area contributed by atoms with Gasteiger partial charge in [0.05, 0.1) is 10.2 Å². The van der Waals surface area contributed by atoms with Crippen molar-refractivity contribution in [1.82, 2.24) is 4.98 Å². The van der Waals surface area contributed by atoms with Gasteiger partial charge in [-0.15, -0.1) is 11.3 Å². The summed E-state index contributed by atoms with van der Waals surface area (Å²) in [5.41, 5.74) is 1.75. The van der Waals surface area contributed by atoms with Gasteiger partial charge in [0, 0.05) is 12.6 Å². The molecule has 1 aromatic heterocycles. The van der Waals surface area contributed by atoms with Crippen LogP contribution in [0.1, 0.15) is 6.92 Å². The fraction of sp³-hybridized carbons (Fsp3) is 0.111. The van der Waals surface area contributed by atoms with Crippen molar-refractivity contribution >= 4 is 49.1 Å². The number of hydrogen-bond donors (Lipinski definition) is 1. The Hall–Kier alpha value is -0.940. The minimum absolute atomic E-state index is 0.0621. The Morgan fingerprint density at radius 2 is 2.36 bits per heavy atom. The van der Waals surface area contributed by atoms with E-state index in [1.54, 1.807) is 11.3 Å². The molecule has 5 heteroatoms. The number of nitrogens with zero attached hydrogens (tertiary/aromatic N) is 1. The Kier molecular flexibility index (Phi) is 2.52. The second-order valence-corrected chi connectivity index (χ2v) is 5.14. The van der Waals surface area contributed by atoms with Gasteiger partial charge in [-0.2, -0.15) is 0 Å². The number of thiazole rings is 1. The number of rotatable bonds is 1. The fourth-order valence-corrected chi connectivity index (χ4v) is 2.62. The van der Waals surface area contributed by atoms with Crippen LogP contribution in [0.25, 0.3) is 10.2 Å². The van der Waals surface area contributed by atoms with Crippen LogP contribution in [0.5, 0.6) is 0 Å². The Balaban J connectivity index is 2.45. The molecular formula is C9H7BrN2OS. The summed E-state index contributed by atoms with van der Waals surface area (Å²) in [6.45, 7) is 1.49. The van der Waals surface area contributed by atoms with E-state index in [1.807, 2.05) is 18.2 Å². The number of nitrogens with one attached hydrogen (secondary N) is 1. The predicted octanol–water partition coefficient (Wildman–Crippen LogP) is 3.02. The highest BCUT2D eigenvalue weighted by molar-refractivity contribution is 9.11. The molecule has 0 unspecified atom stereocenters. The van der Waals surface area contributed by atoms with E-state index >= 15 is 0 Å².